The molecule has 2 rings (SSSR count). The number of aromatic nitrogens is 2. The van der Waals surface area contributed by atoms with Crippen LogP contribution in [0.2, 0.25) is 0 Å². The molecule has 0 radical (unpaired) electrons. The lowest BCUT2D eigenvalue weighted by Crippen LogP contribution is -2.01. The highest BCUT2D eigenvalue weighted by atomic mass is 16.5. The first-order valence-corrected chi connectivity index (χ1v) is 6.32. The fraction of sp³-hybridized carbons (Fsp3) is 0.400. The third-order valence-corrected chi connectivity index (χ3v) is 3.83. The number of anilines is 1. The fourth-order valence-electron chi connectivity index (χ4n) is 2.62. The van der Waals surface area contributed by atoms with E-state index in [0.717, 1.165) is 22.6 Å². The summed E-state index contributed by atoms with van der Waals surface area (Å²) in [5.41, 5.74) is 12.8. The first-order valence-electron chi connectivity index (χ1n) is 6.32. The van der Waals surface area contributed by atoms with Gasteiger partial charge in [-0.05, 0) is 50.5 Å². The van der Waals surface area contributed by atoms with Crippen molar-refractivity contribution >= 4 is 5.82 Å². The highest BCUT2D eigenvalue weighted by Gasteiger charge is 2.18. The minimum Gasteiger partial charge on any atom is -0.496 e. The van der Waals surface area contributed by atoms with E-state index in [4.69, 9.17) is 10.5 Å². The summed E-state index contributed by atoms with van der Waals surface area (Å²) in [5, 5.41) is 4.30. The van der Waals surface area contributed by atoms with Crippen LogP contribution in [0.15, 0.2) is 6.07 Å². The van der Waals surface area contributed by atoms with Gasteiger partial charge in [0.2, 0.25) is 0 Å². The molecule has 0 saturated heterocycles. The Morgan fingerprint density at radius 3 is 2.21 bits per heavy atom. The molecule has 0 saturated carbocycles. The maximum atomic E-state index is 5.92. The average molecular weight is 259 g/mol. The fourth-order valence-corrected chi connectivity index (χ4v) is 2.62. The predicted octanol–water partition coefficient (Wildman–Crippen LogP) is 2.91. The molecule has 2 N–H and O–H groups in total. The minimum atomic E-state index is 0.588. The van der Waals surface area contributed by atoms with Gasteiger partial charge in [-0.15, -0.1) is 0 Å². The van der Waals surface area contributed by atoms with E-state index < -0.39 is 0 Å². The number of ether oxygens (including phenoxy) is 1. The van der Waals surface area contributed by atoms with Crippen LogP contribution in [0.5, 0.6) is 5.75 Å². The highest BCUT2D eigenvalue weighted by Crippen LogP contribution is 2.36. The smallest absolute Gasteiger partial charge is 0.148 e. The van der Waals surface area contributed by atoms with Gasteiger partial charge in [-0.1, -0.05) is 0 Å². The van der Waals surface area contributed by atoms with E-state index in [1.54, 1.807) is 7.11 Å². The van der Waals surface area contributed by atoms with Crippen molar-refractivity contribution in [2.45, 2.75) is 27.7 Å². The van der Waals surface area contributed by atoms with Gasteiger partial charge in [-0.2, -0.15) is 5.10 Å². The Kier molecular flexibility index (Phi) is 3.27. The van der Waals surface area contributed by atoms with Crippen LogP contribution in [0.3, 0.4) is 0 Å². The topological polar surface area (TPSA) is 53.1 Å². The standard InChI is InChI=1S/C15H21N3O/c1-8-7-12(19-6)9(2)10(3)13(8)14-11(4)15(16)17-18(14)5/h7H,1-6H3,(H2,16,17). The molecule has 4 nitrogen and oxygen atoms in total. The van der Waals surface area contributed by atoms with Gasteiger partial charge >= 0.3 is 0 Å². The summed E-state index contributed by atoms with van der Waals surface area (Å²) in [6.45, 7) is 8.29. The van der Waals surface area contributed by atoms with Gasteiger partial charge in [0, 0.05) is 18.2 Å². The molecule has 1 heterocycles. The Hall–Kier alpha value is -1.97. The second kappa shape index (κ2) is 4.61. The molecule has 19 heavy (non-hydrogen) atoms. The van der Waals surface area contributed by atoms with Crippen LogP contribution < -0.4 is 10.5 Å². The van der Waals surface area contributed by atoms with Gasteiger partial charge < -0.3 is 10.5 Å². The molecule has 0 unspecified atom stereocenters. The Labute approximate surface area is 114 Å². The summed E-state index contributed by atoms with van der Waals surface area (Å²) in [7, 11) is 3.63. The van der Waals surface area contributed by atoms with Crippen LogP contribution in [0.4, 0.5) is 5.82 Å². The average Bonchev–Trinajstić information content (AvgIpc) is 2.60. The van der Waals surface area contributed by atoms with Crippen molar-refractivity contribution < 1.29 is 4.74 Å². The Morgan fingerprint density at radius 2 is 1.74 bits per heavy atom. The maximum Gasteiger partial charge on any atom is 0.148 e. The van der Waals surface area contributed by atoms with Gasteiger partial charge in [0.15, 0.2) is 0 Å². The zero-order valence-electron chi connectivity index (χ0n) is 12.5. The van der Waals surface area contributed by atoms with Crippen LogP contribution in [-0.2, 0) is 7.05 Å². The van der Waals surface area contributed by atoms with Crippen molar-refractivity contribution in [1.82, 2.24) is 9.78 Å². The summed E-state index contributed by atoms with van der Waals surface area (Å²) in [5.74, 6) is 1.51. The predicted molar refractivity (Wildman–Crippen MR) is 78.6 cm³/mol. The second-order valence-electron chi connectivity index (χ2n) is 5.00. The van der Waals surface area contributed by atoms with Crippen LogP contribution in [0.1, 0.15) is 22.3 Å². The van der Waals surface area contributed by atoms with E-state index in [-0.39, 0.29) is 0 Å². The SMILES string of the molecule is COc1cc(C)c(-c2c(C)c(N)nn2C)c(C)c1C. The lowest BCUT2D eigenvalue weighted by Gasteiger charge is -2.16. The molecule has 102 valence electrons. The van der Waals surface area contributed by atoms with Crippen molar-refractivity contribution in [3.63, 3.8) is 0 Å². The van der Waals surface area contributed by atoms with Gasteiger partial charge in [-0.3, -0.25) is 4.68 Å². The molecule has 0 amide bonds. The summed E-state index contributed by atoms with van der Waals surface area (Å²) >= 11 is 0. The molecule has 4 heteroatoms. The van der Waals surface area contributed by atoms with E-state index in [0.29, 0.717) is 5.82 Å². The number of aryl methyl sites for hydroxylation is 2. The van der Waals surface area contributed by atoms with Gasteiger partial charge in [0.25, 0.3) is 0 Å². The molecule has 0 atom stereocenters. The van der Waals surface area contributed by atoms with Crippen molar-refractivity contribution in [1.29, 1.82) is 0 Å². The molecule has 0 spiro atoms. The zero-order chi connectivity index (χ0) is 14.3. The number of nitrogen functional groups attached to an aromatic ring is 1. The van der Waals surface area contributed by atoms with Gasteiger partial charge in [-0.25, -0.2) is 0 Å². The molecule has 0 bridgehead atoms. The van der Waals surface area contributed by atoms with E-state index in [1.165, 1.54) is 16.7 Å². The first kappa shape index (κ1) is 13.5. The molecular weight excluding hydrogens is 238 g/mol. The first-order chi connectivity index (χ1) is 8.88. The highest BCUT2D eigenvalue weighted by molar-refractivity contribution is 5.76. The van der Waals surface area contributed by atoms with Crippen LogP contribution in [-0.4, -0.2) is 16.9 Å². The lowest BCUT2D eigenvalue weighted by molar-refractivity contribution is 0.411. The number of nitrogens with two attached hydrogens (primary N) is 1. The second-order valence-corrected chi connectivity index (χ2v) is 5.00. The number of methoxy groups -OCH3 is 1. The van der Waals surface area contributed by atoms with Gasteiger partial charge in [0.05, 0.1) is 12.8 Å². The molecule has 0 aliphatic rings. The summed E-state index contributed by atoms with van der Waals surface area (Å²) in [6.07, 6.45) is 0. The van der Waals surface area contributed by atoms with E-state index in [1.807, 2.05) is 18.7 Å². The van der Waals surface area contributed by atoms with Crippen molar-refractivity contribution in [2.24, 2.45) is 7.05 Å². The number of nitrogens with zero attached hydrogens (tertiary/aromatic N) is 2. The van der Waals surface area contributed by atoms with E-state index in [2.05, 4.69) is 31.9 Å². The third-order valence-electron chi connectivity index (χ3n) is 3.83. The van der Waals surface area contributed by atoms with Crippen molar-refractivity contribution in [3.05, 3.63) is 28.3 Å². The molecule has 2 aromatic rings. The largest absolute Gasteiger partial charge is 0.496 e. The van der Waals surface area contributed by atoms with E-state index >= 15 is 0 Å². The van der Waals surface area contributed by atoms with Crippen LogP contribution in [0, 0.1) is 27.7 Å². The monoisotopic (exact) mass is 259 g/mol. The number of benzene rings is 1. The summed E-state index contributed by atoms with van der Waals surface area (Å²) in [4.78, 5) is 0. The Balaban J connectivity index is 2.80. The normalized spacial score (nSPS) is 10.8. The summed E-state index contributed by atoms with van der Waals surface area (Å²) in [6, 6.07) is 2.07. The molecule has 1 aromatic heterocycles. The quantitative estimate of drug-likeness (QED) is 0.902. The molecule has 0 fully saturated rings. The summed E-state index contributed by atoms with van der Waals surface area (Å²) < 4.78 is 7.27. The molecule has 0 aliphatic heterocycles. The van der Waals surface area contributed by atoms with E-state index in [9.17, 15) is 0 Å². The molecule has 0 aliphatic carbocycles. The van der Waals surface area contributed by atoms with Crippen molar-refractivity contribution in [3.8, 4) is 17.0 Å². The number of rotatable bonds is 2. The van der Waals surface area contributed by atoms with Gasteiger partial charge in [0.1, 0.15) is 11.6 Å². The minimum absolute atomic E-state index is 0.588. The van der Waals surface area contributed by atoms with Crippen LogP contribution >= 0.6 is 0 Å². The number of hydrogen-bond acceptors (Lipinski definition) is 3. The van der Waals surface area contributed by atoms with Crippen LogP contribution in [0.25, 0.3) is 11.3 Å². The molecular formula is C15H21N3O. The number of hydrogen-bond donors (Lipinski definition) is 1. The maximum absolute atomic E-state index is 5.92. The van der Waals surface area contributed by atoms with Crippen molar-refractivity contribution in [2.75, 3.05) is 12.8 Å². The lowest BCUT2D eigenvalue weighted by atomic mass is 9.93. The third kappa shape index (κ3) is 1.97. The molecule has 1 aromatic carbocycles. The Morgan fingerprint density at radius 1 is 1.11 bits per heavy atom. The Bertz CT molecular complexity index is 642. The zero-order valence-corrected chi connectivity index (χ0v) is 12.5.